The van der Waals surface area contributed by atoms with Gasteiger partial charge in [0.2, 0.25) is 5.91 Å². The van der Waals surface area contributed by atoms with Crippen LogP contribution in [0.5, 0.6) is 5.75 Å². The largest absolute Gasteiger partial charge is 0.486 e. The zero-order valence-electron chi connectivity index (χ0n) is 18.4. The van der Waals surface area contributed by atoms with Gasteiger partial charge < -0.3 is 10.1 Å². The fourth-order valence-electron chi connectivity index (χ4n) is 3.62. The summed E-state index contributed by atoms with van der Waals surface area (Å²) < 4.78 is 5.82. The maximum atomic E-state index is 12.7. The highest BCUT2D eigenvalue weighted by molar-refractivity contribution is 8.00. The van der Waals surface area contributed by atoms with E-state index in [2.05, 4.69) is 34.3 Å². The summed E-state index contributed by atoms with van der Waals surface area (Å²) in [5, 5.41) is 4.76. The van der Waals surface area contributed by atoms with Crippen LogP contribution >= 0.6 is 11.8 Å². The number of para-hydroxylation sites is 2. The lowest BCUT2D eigenvalue weighted by atomic mass is 10.1. The smallest absolute Gasteiger partial charge is 0.234 e. The van der Waals surface area contributed by atoms with Crippen LogP contribution in [0.2, 0.25) is 0 Å². The number of carbonyl (C=O) groups excluding carboxylic acids is 1. The number of fused-ring (bicyclic) bond motifs is 1. The molecule has 32 heavy (non-hydrogen) atoms. The third-order valence-electron chi connectivity index (χ3n) is 5.01. The standard InChI is InChI=1S/C26H25N3O2S/c1-17-13-18(2)25(19(3)14-17)29-24(30)16-32-26-21-11-7-8-12-22(21)27-23(28-26)15-31-20-9-5-4-6-10-20/h4-14H,15-16H2,1-3H3,(H,29,30). The Kier molecular flexibility index (Phi) is 6.71. The van der Waals surface area contributed by atoms with E-state index in [1.165, 1.54) is 17.3 Å². The quantitative estimate of drug-likeness (QED) is 0.286. The molecule has 4 rings (SSSR count). The van der Waals surface area contributed by atoms with E-state index in [9.17, 15) is 4.79 Å². The van der Waals surface area contributed by atoms with Crippen molar-refractivity contribution < 1.29 is 9.53 Å². The van der Waals surface area contributed by atoms with Gasteiger partial charge in [-0.25, -0.2) is 9.97 Å². The summed E-state index contributed by atoms with van der Waals surface area (Å²) in [6.07, 6.45) is 0. The second-order valence-corrected chi connectivity index (χ2v) is 8.64. The highest BCUT2D eigenvalue weighted by Gasteiger charge is 2.13. The summed E-state index contributed by atoms with van der Waals surface area (Å²) in [5.41, 5.74) is 5.03. The molecule has 4 aromatic rings. The zero-order valence-corrected chi connectivity index (χ0v) is 19.2. The molecule has 3 aromatic carbocycles. The average molecular weight is 444 g/mol. The molecule has 1 aromatic heterocycles. The number of nitrogens with zero attached hydrogens (tertiary/aromatic N) is 2. The lowest BCUT2D eigenvalue weighted by Gasteiger charge is -2.13. The van der Waals surface area contributed by atoms with Crippen LogP contribution in [0.15, 0.2) is 71.8 Å². The number of benzene rings is 3. The Labute approximate surface area is 192 Å². The van der Waals surface area contributed by atoms with E-state index >= 15 is 0 Å². The van der Waals surface area contributed by atoms with Crippen molar-refractivity contribution in [2.75, 3.05) is 11.1 Å². The topological polar surface area (TPSA) is 64.1 Å². The van der Waals surface area contributed by atoms with Gasteiger partial charge in [-0.15, -0.1) is 0 Å². The summed E-state index contributed by atoms with van der Waals surface area (Å²) in [7, 11) is 0. The van der Waals surface area contributed by atoms with Crippen molar-refractivity contribution in [1.29, 1.82) is 0 Å². The first-order chi connectivity index (χ1) is 15.5. The van der Waals surface area contributed by atoms with Crippen LogP contribution in [0.25, 0.3) is 10.9 Å². The van der Waals surface area contributed by atoms with Crippen LogP contribution in [0.1, 0.15) is 22.5 Å². The molecule has 6 heteroatoms. The summed E-state index contributed by atoms with van der Waals surface area (Å²) in [6.45, 7) is 6.34. The molecule has 162 valence electrons. The fraction of sp³-hybridized carbons (Fsp3) is 0.192. The number of nitrogens with one attached hydrogen (secondary N) is 1. The molecular weight excluding hydrogens is 418 g/mol. The molecule has 5 nitrogen and oxygen atoms in total. The molecule has 1 N–H and O–H groups in total. The van der Waals surface area contributed by atoms with Crippen LogP contribution in [0, 0.1) is 20.8 Å². The fourth-order valence-corrected chi connectivity index (χ4v) is 4.46. The van der Waals surface area contributed by atoms with Gasteiger partial charge in [0.1, 0.15) is 17.4 Å². The van der Waals surface area contributed by atoms with Crippen LogP contribution in [0.3, 0.4) is 0 Å². The minimum Gasteiger partial charge on any atom is -0.486 e. The van der Waals surface area contributed by atoms with Crippen LogP contribution in [0.4, 0.5) is 5.69 Å². The zero-order chi connectivity index (χ0) is 22.5. The third-order valence-corrected chi connectivity index (χ3v) is 6.00. The maximum Gasteiger partial charge on any atom is 0.234 e. The SMILES string of the molecule is Cc1cc(C)c(NC(=O)CSc2nc(COc3ccccc3)nc3ccccc23)c(C)c1. The number of anilines is 1. The van der Waals surface area contributed by atoms with Crippen molar-refractivity contribution in [2.24, 2.45) is 0 Å². The van der Waals surface area contributed by atoms with Crippen LogP contribution in [-0.4, -0.2) is 21.6 Å². The lowest BCUT2D eigenvalue weighted by molar-refractivity contribution is -0.113. The predicted molar refractivity (Wildman–Crippen MR) is 130 cm³/mol. The number of rotatable bonds is 7. The highest BCUT2D eigenvalue weighted by Crippen LogP contribution is 2.27. The molecule has 0 fully saturated rings. The first kappa shape index (κ1) is 21.8. The van der Waals surface area contributed by atoms with Gasteiger partial charge in [0, 0.05) is 11.1 Å². The Hall–Kier alpha value is -3.38. The van der Waals surface area contributed by atoms with E-state index < -0.39 is 0 Å². The van der Waals surface area contributed by atoms with Gasteiger partial charge in [-0.05, 0) is 50.1 Å². The molecule has 0 aliphatic heterocycles. The minimum atomic E-state index is -0.0603. The van der Waals surface area contributed by atoms with Crippen LogP contribution in [-0.2, 0) is 11.4 Å². The number of ether oxygens (including phenoxy) is 1. The molecular formula is C26H25N3O2S. The second kappa shape index (κ2) is 9.83. The Morgan fingerprint density at radius 2 is 1.62 bits per heavy atom. The molecule has 0 aliphatic carbocycles. The van der Waals surface area contributed by atoms with Crippen molar-refractivity contribution in [1.82, 2.24) is 9.97 Å². The molecule has 1 amide bonds. The average Bonchev–Trinajstić information content (AvgIpc) is 2.79. The summed E-state index contributed by atoms with van der Waals surface area (Å²) >= 11 is 1.41. The molecule has 0 radical (unpaired) electrons. The number of carbonyl (C=O) groups is 1. The van der Waals surface area contributed by atoms with Gasteiger partial charge in [-0.1, -0.05) is 65.9 Å². The summed E-state index contributed by atoms with van der Waals surface area (Å²) in [6, 6.07) is 21.6. The number of hydrogen-bond donors (Lipinski definition) is 1. The van der Waals surface area contributed by atoms with E-state index in [1.807, 2.05) is 68.4 Å². The van der Waals surface area contributed by atoms with Gasteiger partial charge in [-0.2, -0.15) is 0 Å². The Bertz CT molecular complexity index is 1240. The van der Waals surface area contributed by atoms with E-state index in [-0.39, 0.29) is 18.3 Å². The Morgan fingerprint density at radius 3 is 2.38 bits per heavy atom. The highest BCUT2D eigenvalue weighted by atomic mass is 32.2. The van der Waals surface area contributed by atoms with E-state index in [4.69, 9.17) is 4.74 Å². The molecule has 0 saturated heterocycles. The van der Waals surface area contributed by atoms with Crippen molar-refractivity contribution in [3.63, 3.8) is 0 Å². The lowest BCUT2D eigenvalue weighted by Crippen LogP contribution is -2.16. The number of aryl methyl sites for hydroxylation is 3. The normalized spacial score (nSPS) is 10.8. The Balaban J connectivity index is 1.50. The predicted octanol–water partition coefficient (Wildman–Crippen LogP) is 5.86. The van der Waals surface area contributed by atoms with Crippen molar-refractivity contribution in [3.05, 3.63) is 89.2 Å². The van der Waals surface area contributed by atoms with Gasteiger partial charge in [-0.3, -0.25) is 4.79 Å². The Morgan fingerprint density at radius 1 is 0.938 bits per heavy atom. The second-order valence-electron chi connectivity index (χ2n) is 7.67. The van der Waals surface area contributed by atoms with Crippen LogP contribution < -0.4 is 10.1 Å². The third kappa shape index (κ3) is 5.26. The first-order valence-electron chi connectivity index (χ1n) is 10.4. The number of aromatic nitrogens is 2. The first-order valence-corrected chi connectivity index (χ1v) is 11.4. The molecule has 0 bridgehead atoms. The molecule has 1 heterocycles. The maximum absolute atomic E-state index is 12.7. The van der Waals surface area contributed by atoms with Gasteiger partial charge in [0.15, 0.2) is 5.82 Å². The van der Waals surface area contributed by atoms with Gasteiger partial charge in [0.25, 0.3) is 0 Å². The van der Waals surface area contributed by atoms with E-state index in [0.717, 1.165) is 38.5 Å². The molecule has 0 aliphatic rings. The number of amides is 1. The molecule has 0 unspecified atom stereocenters. The summed E-state index contributed by atoms with van der Waals surface area (Å²) in [5.74, 6) is 1.55. The van der Waals surface area contributed by atoms with Crippen molar-refractivity contribution >= 4 is 34.3 Å². The van der Waals surface area contributed by atoms with Crippen molar-refractivity contribution in [2.45, 2.75) is 32.4 Å². The van der Waals surface area contributed by atoms with E-state index in [0.29, 0.717) is 5.82 Å². The molecule has 0 atom stereocenters. The molecule has 0 spiro atoms. The number of hydrogen-bond acceptors (Lipinski definition) is 5. The summed E-state index contributed by atoms with van der Waals surface area (Å²) in [4.78, 5) is 22.0. The van der Waals surface area contributed by atoms with Gasteiger partial charge in [0.05, 0.1) is 11.3 Å². The van der Waals surface area contributed by atoms with E-state index in [1.54, 1.807) is 0 Å². The monoisotopic (exact) mass is 443 g/mol. The molecule has 0 saturated carbocycles. The van der Waals surface area contributed by atoms with Crippen molar-refractivity contribution in [3.8, 4) is 5.75 Å². The number of thioether (sulfide) groups is 1. The minimum absolute atomic E-state index is 0.0603. The van der Waals surface area contributed by atoms with Gasteiger partial charge >= 0.3 is 0 Å².